The number of rotatable bonds is 4. The van der Waals surface area contributed by atoms with Gasteiger partial charge >= 0.3 is 0 Å². The monoisotopic (exact) mass is 275 g/mol. The minimum atomic E-state index is -0.108. The molecule has 108 valence electrons. The molecule has 20 heavy (non-hydrogen) atoms. The zero-order valence-corrected chi connectivity index (χ0v) is 12.0. The molecule has 0 aliphatic carbocycles. The molecule has 3 N–H and O–H groups in total. The van der Waals surface area contributed by atoms with Gasteiger partial charge in [0.15, 0.2) is 0 Å². The van der Waals surface area contributed by atoms with Crippen LogP contribution in [0.5, 0.6) is 0 Å². The van der Waals surface area contributed by atoms with Crippen molar-refractivity contribution >= 4 is 23.2 Å². The van der Waals surface area contributed by atoms with Gasteiger partial charge in [-0.15, -0.1) is 0 Å². The Bertz CT molecular complexity index is 508. The number of nitrogens with one attached hydrogen (secondary N) is 3. The molecular weight excluding hydrogens is 254 g/mol. The number of carbonyl (C=O) groups excluding carboxylic acids is 2. The van der Waals surface area contributed by atoms with E-state index in [9.17, 15) is 9.59 Å². The fraction of sp³-hybridized carbons (Fsp3) is 0.467. The highest BCUT2D eigenvalue weighted by atomic mass is 16.2. The Morgan fingerprint density at radius 1 is 1.35 bits per heavy atom. The van der Waals surface area contributed by atoms with E-state index >= 15 is 0 Å². The summed E-state index contributed by atoms with van der Waals surface area (Å²) in [5, 5.41) is 8.90. The lowest BCUT2D eigenvalue weighted by Crippen LogP contribution is -2.35. The molecule has 2 amide bonds. The number of carbonyl (C=O) groups is 2. The molecule has 1 aliphatic heterocycles. The first-order valence-electron chi connectivity index (χ1n) is 7.05. The first-order valence-corrected chi connectivity index (χ1v) is 7.05. The average molecular weight is 275 g/mol. The van der Waals surface area contributed by atoms with Gasteiger partial charge in [0.05, 0.1) is 6.04 Å². The van der Waals surface area contributed by atoms with Crippen molar-refractivity contribution in [3.8, 4) is 0 Å². The van der Waals surface area contributed by atoms with Gasteiger partial charge in [-0.1, -0.05) is 13.0 Å². The van der Waals surface area contributed by atoms with Crippen LogP contribution in [0, 0.1) is 6.92 Å². The first-order chi connectivity index (χ1) is 9.60. The van der Waals surface area contributed by atoms with Crippen molar-refractivity contribution in [3.63, 3.8) is 0 Å². The van der Waals surface area contributed by atoms with E-state index in [1.165, 1.54) is 0 Å². The van der Waals surface area contributed by atoms with Crippen LogP contribution in [-0.4, -0.2) is 24.4 Å². The molecule has 0 bridgehead atoms. The van der Waals surface area contributed by atoms with Crippen molar-refractivity contribution in [2.24, 2.45) is 0 Å². The van der Waals surface area contributed by atoms with Crippen LogP contribution < -0.4 is 16.0 Å². The lowest BCUT2D eigenvalue weighted by atomic mass is 10.1. The molecule has 1 atom stereocenters. The smallest absolute Gasteiger partial charge is 0.241 e. The van der Waals surface area contributed by atoms with Gasteiger partial charge in [-0.05, 0) is 44.0 Å². The highest BCUT2D eigenvalue weighted by Crippen LogP contribution is 2.21. The number of amides is 2. The Labute approximate surface area is 119 Å². The second-order valence-corrected chi connectivity index (χ2v) is 5.07. The Kier molecular flexibility index (Phi) is 4.74. The predicted molar refractivity (Wildman–Crippen MR) is 79.8 cm³/mol. The topological polar surface area (TPSA) is 70.2 Å². The minimum absolute atomic E-state index is 0.00966. The third kappa shape index (κ3) is 3.57. The molecule has 1 saturated heterocycles. The quantitative estimate of drug-likeness (QED) is 0.787. The zero-order chi connectivity index (χ0) is 14.5. The molecule has 0 spiro atoms. The second kappa shape index (κ2) is 6.52. The molecule has 1 aromatic carbocycles. The molecule has 1 heterocycles. The molecule has 0 aromatic heterocycles. The standard InChI is InChI=1S/C15H21N3O2/c1-3-14(19)17-11-7-6-10(2)13(9-11)18-15(20)12-5-4-8-16-12/h6-7,9,12,16H,3-5,8H2,1-2H3,(H,17,19)(H,18,20). The molecular formula is C15H21N3O2. The summed E-state index contributed by atoms with van der Waals surface area (Å²) in [5.74, 6) is -0.0480. The zero-order valence-electron chi connectivity index (χ0n) is 12.0. The Morgan fingerprint density at radius 3 is 2.80 bits per heavy atom. The van der Waals surface area contributed by atoms with Crippen LogP contribution >= 0.6 is 0 Å². The SMILES string of the molecule is CCC(=O)Nc1ccc(C)c(NC(=O)C2CCCN2)c1. The summed E-state index contributed by atoms with van der Waals surface area (Å²) in [4.78, 5) is 23.5. The first kappa shape index (κ1) is 14.5. The second-order valence-electron chi connectivity index (χ2n) is 5.07. The number of aryl methyl sites for hydroxylation is 1. The Balaban J connectivity index is 2.07. The van der Waals surface area contributed by atoms with E-state index in [0.717, 1.165) is 30.6 Å². The van der Waals surface area contributed by atoms with E-state index < -0.39 is 0 Å². The van der Waals surface area contributed by atoms with Crippen LogP contribution in [0.1, 0.15) is 31.7 Å². The number of benzene rings is 1. The van der Waals surface area contributed by atoms with E-state index in [0.29, 0.717) is 12.1 Å². The van der Waals surface area contributed by atoms with Crippen LogP contribution in [-0.2, 0) is 9.59 Å². The molecule has 5 heteroatoms. The maximum absolute atomic E-state index is 12.1. The Hall–Kier alpha value is -1.88. The van der Waals surface area contributed by atoms with Gasteiger partial charge in [0, 0.05) is 17.8 Å². The molecule has 5 nitrogen and oxygen atoms in total. The summed E-state index contributed by atoms with van der Waals surface area (Å²) >= 11 is 0. The van der Waals surface area contributed by atoms with Crippen LogP contribution in [0.4, 0.5) is 11.4 Å². The largest absolute Gasteiger partial charge is 0.326 e. The maximum atomic E-state index is 12.1. The van der Waals surface area contributed by atoms with Crippen molar-refractivity contribution in [1.29, 1.82) is 0 Å². The van der Waals surface area contributed by atoms with Gasteiger partial charge < -0.3 is 16.0 Å². The lowest BCUT2D eigenvalue weighted by Gasteiger charge is -2.14. The predicted octanol–water partition coefficient (Wildman–Crippen LogP) is 2.03. The summed E-state index contributed by atoms with van der Waals surface area (Å²) in [6.45, 7) is 4.63. The fourth-order valence-electron chi connectivity index (χ4n) is 2.21. The van der Waals surface area contributed by atoms with Crippen LogP contribution in [0.2, 0.25) is 0 Å². The van der Waals surface area contributed by atoms with Crippen LogP contribution in [0.3, 0.4) is 0 Å². The van der Waals surface area contributed by atoms with Gasteiger partial charge in [-0.25, -0.2) is 0 Å². The van der Waals surface area contributed by atoms with Gasteiger partial charge in [0.2, 0.25) is 11.8 Å². The van der Waals surface area contributed by atoms with E-state index in [4.69, 9.17) is 0 Å². The molecule has 0 radical (unpaired) electrons. The third-order valence-corrected chi connectivity index (χ3v) is 3.48. The van der Waals surface area contributed by atoms with Crippen molar-refractivity contribution in [2.45, 2.75) is 39.2 Å². The number of hydrogen-bond acceptors (Lipinski definition) is 3. The van der Waals surface area contributed by atoms with Gasteiger partial charge in [0.25, 0.3) is 0 Å². The Morgan fingerprint density at radius 2 is 2.15 bits per heavy atom. The highest BCUT2D eigenvalue weighted by Gasteiger charge is 2.22. The summed E-state index contributed by atoms with van der Waals surface area (Å²) in [6.07, 6.45) is 2.34. The summed E-state index contributed by atoms with van der Waals surface area (Å²) in [5.41, 5.74) is 2.43. The van der Waals surface area contributed by atoms with Gasteiger partial charge in [-0.3, -0.25) is 9.59 Å². The van der Waals surface area contributed by atoms with E-state index in [1.807, 2.05) is 19.1 Å². The van der Waals surface area contributed by atoms with Crippen molar-refractivity contribution in [3.05, 3.63) is 23.8 Å². The van der Waals surface area contributed by atoms with Crippen molar-refractivity contribution < 1.29 is 9.59 Å². The highest BCUT2D eigenvalue weighted by molar-refractivity contribution is 5.97. The lowest BCUT2D eigenvalue weighted by molar-refractivity contribution is -0.118. The molecule has 1 aromatic rings. The number of anilines is 2. The average Bonchev–Trinajstić information content (AvgIpc) is 2.96. The molecule has 2 rings (SSSR count). The van der Waals surface area contributed by atoms with Crippen molar-refractivity contribution in [1.82, 2.24) is 5.32 Å². The summed E-state index contributed by atoms with van der Waals surface area (Å²) in [7, 11) is 0. The minimum Gasteiger partial charge on any atom is -0.326 e. The molecule has 1 unspecified atom stereocenters. The summed E-state index contributed by atoms with van der Waals surface area (Å²) in [6, 6.07) is 5.42. The third-order valence-electron chi connectivity index (χ3n) is 3.48. The summed E-state index contributed by atoms with van der Waals surface area (Å²) < 4.78 is 0. The molecule has 0 saturated carbocycles. The van der Waals surface area contributed by atoms with Gasteiger partial charge in [-0.2, -0.15) is 0 Å². The normalized spacial score (nSPS) is 17.8. The number of hydrogen-bond donors (Lipinski definition) is 3. The van der Waals surface area contributed by atoms with Crippen LogP contribution in [0.25, 0.3) is 0 Å². The maximum Gasteiger partial charge on any atom is 0.241 e. The van der Waals surface area contributed by atoms with E-state index in [2.05, 4.69) is 16.0 Å². The van der Waals surface area contributed by atoms with E-state index in [-0.39, 0.29) is 17.9 Å². The molecule has 1 fully saturated rings. The van der Waals surface area contributed by atoms with Crippen molar-refractivity contribution in [2.75, 3.05) is 17.2 Å². The van der Waals surface area contributed by atoms with E-state index in [1.54, 1.807) is 13.0 Å². The molecule has 1 aliphatic rings. The fourth-order valence-corrected chi connectivity index (χ4v) is 2.21. The van der Waals surface area contributed by atoms with Crippen LogP contribution in [0.15, 0.2) is 18.2 Å². The van der Waals surface area contributed by atoms with Gasteiger partial charge in [0.1, 0.15) is 0 Å².